The molecule has 0 saturated heterocycles. The molecule has 27 heavy (non-hydrogen) atoms. The summed E-state index contributed by atoms with van der Waals surface area (Å²) in [5, 5.41) is 15.0. The van der Waals surface area contributed by atoms with Crippen LogP contribution in [0.2, 0.25) is 5.02 Å². The number of halogens is 1. The molecule has 0 saturated carbocycles. The first-order valence-corrected chi connectivity index (χ1v) is 8.91. The molecular weight excluding hydrogens is 362 g/mol. The van der Waals surface area contributed by atoms with Gasteiger partial charge in [-0.25, -0.2) is 0 Å². The number of nitrogens with zero attached hydrogens (tertiary/aromatic N) is 2. The molecule has 136 valence electrons. The van der Waals surface area contributed by atoms with Crippen molar-refractivity contribution in [2.24, 2.45) is 5.16 Å². The van der Waals surface area contributed by atoms with Gasteiger partial charge < -0.3 is 14.9 Å². The Morgan fingerprint density at radius 2 is 1.93 bits per heavy atom. The van der Waals surface area contributed by atoms with Gasteiger partial charge in [0.25, 0.3) is 0 Å². The number of oxime groups is 1. The first kappa shape index (κ1) is 17.5. The molecule has 0 aliphatic carbocycles. The summed E-state index contributed by atoms with van der Waals surface area (Å²) in [5.74, 6) is 0. The SMILES string of the molecule is COCc1c(C=NO)ncc2[nH]c3cccc(Cc4ccccc4Cl)c3c12. The van der Waals surface area contributed by atoms with E-state index in [1.807, 2.05) is 36.4 Å². The average molecular weight is 380 g/mol. The number of ether oxygens (including phenoxy) is 1. The van der Waals surface area contributed by atoms with E-state index in [1.54, 1.807) is 13.3 Å². The van der Waals surface area contributed by atoms with Crippen LogP contribution >= 0.6 is 11.6 Å². The van der Waals surface area contributed by atoms with E-state index >= 15 is 0 Å². The first-order chi connectivity index (χ1) is 13.2. The Morgan fingerprint density at radius 3 is 2.70 bits per heavy atom. The molecule has 5 nitrogen and oxygen atoms in total. The maximum absolute atomic E-state index is 8.99. The highest BCUT2D eigenvalue weighted by Crippen LogP contribution is 2.34. The topological polar surface area (TPSA) is 70.5 Å². The Bertz CT molecular complexity index is 1150. The van der Waals surface area contributed by atoms with Crippen molar-refractivity contribution in [2.45, 2.75) is 13.0 Å². The molecule has 0 amide bonds. The minimum atomic E-state index is 0.360. The number of hydrogen-bond donors (Lipinski definition) is 2. The zero-order chi connectivity index (χ0) is 18.8. The Kier molecular flexibility index (Phi) is 4.79. The highest BCUT2D eigenvalue weighted by atomic mass is 35.5. The summed E-state index contributed by atoms with van der Waals surface area (Å²) < 4.78 is 5.40. The molecule has 2 heterocycles. The van der Waals surface area contributed by atoms with Crippen molar-refractivity contribution >= 4 is 39.6 Å². The van der Waals surface area contributed by atoms with Crippen molar-refractivity contribution < 1.29 is 9.94 Å². The summed E-state index contributed by atoms with van der Waals surface area (Å²) in [7, 11) is 1.64. The van der Waals surface area contributed by atoms with Gasteiger partial charge in [-0.1, -0.05) is 47.1 Å². The molecule has 2 aromatic heterocycles. The van der Waals surface area contributed by atoms with E-state index in [2.05, 4.69) is 21.2 Å². The lowest BCUT2D eigenvalue weighted by atomic mass is 9.97. The van der Waals surface area contributed by atoms with Crippen LogP contribution in [0.3, 0.4) is 0 Å². The second-order valence-electron chi connectivity index (χ2n) is 6.32. The normalized spacial score (nSPS) is 11.8. The summed E-state index contributed by atoms with van der Waals surface area (Å²) in [4.78, 5) is 7.83. The number of methoxy groups -OCH3 is 1. The number of fused-ring (bicyclic) bond motifs is 3. The number of benzene rings is 2. The lowest BCUT2D eigenvalue weighted by Crippen LogP contribution is -2.00. The zero-order valence-electron chi connectivity index (χ0n) is 14.7. The lowest BCUT2D eigenvalue weighted by molar-refractivity contribution is 0.185. The van der Waals surface area contributed by atoms with Crippen LogP contribution in [0.5, 0.6) is 0 Å². The molecule has 0 unspecified atom stereocenters. The van der Waals surface area contributed by atoms with E-state index < -0.39 is 0 Å². The third kappa shape index (κ3) is 3.16. The summed E-state index contributed by atoms with van der Waals surface area (Å²) >= 11 is 6.38. The monoisotopic (exact) mass is 379 g/mol. The molecule has 0 fully saturated rings. The molecule has 0 radical (unpaired) electrons. The van der Waals surface area contributed by atoms with Gasteiger partial charge in [-0.15, -0.1) is 0 Å². The molecule has 4 rings (SSSR count). The molecule has 0 aliphatic rings. The maximum Gasteiger partial charge on any atom is 0.0922 e. The van der Waals surface area contributed by atoms with Gasteiger partial charge in [0.1, 0.15) is 0 Å². The lowest BCUT2D eigenvalue weighted by Gasteiger charge is -2.10. The van der Waals surface area contributed by atoms with Crippen LogP contribution in [0.15, 0.2) is 53.8 Å². The van der Waals surface area contributed by atoms with Gasteiger partial charge in [0.2, 0.25) is 0 Å². The predicted octanol–water partition coefficient (Wildman–Crippen LogP) is 4.91. The largest absolute Gasteiger partial charge is 0.411 e. The Labute approximate surface area is 161 Å². The van der Waals surface area contributed by atoms with E-state index in [1.165, 1.54) is 6.21 Å². The van der Waals surface area contributed by atoms with Gasteiger partial charge in [0, 0.05) is 34.0 Å². The number of aromatic nitrogens is 2. The number of hydrogen-bond acceptors (Lipinski definition) is 4. The van der Waals surface area contributed by atoms with Gasteiger partial charge in [0.15, 0.2) is 0 Å². The summed E-state index contributed by atoms with van der Waals surface area (Å²) in [5.41, 5.74) is 5.62. The van der Waals surface area contributed by atoms with Gasteiger partial charge in [-0.2, -0.15) is 0 Å². The smallest absolute Gasteiger partial charge is 0.0922 e. The second kappa shape index (κ2) is 7.39. The standard InChI is InChI=1S/C21H18ClN3O2/c1-27-12-15-18(11-24-26)23-10-19-21(15)20-14(6-4-8-17(20)25-19)9-13-5-2-3-7-16(13)22/h2-8,10-11,25-26H,9,12H2,1H3. The van der Waals surface area contributed by atoms with Crippen LogP contribution in [0.25, 0.3) is 21.8 Å². The Hall–Kier alpha value is -2.89. The molecule has 6 heteroatoms. The first-order valence-electron chi connectivity index (χ1n) is 8.54. The van der Waals surface area contributed by atoms with E-state index in [0.717, 1.165) is 43.5 Å². The summed E-state index contributed by atoms with van der Waals surface area (Å²) in [6.07, 6.45) is 3.80. The van der Waals surface area contributed by atoms with Crippen molar-refractivity contribution in [1.82, 2.24) is 9.97 Å². The zero-order valence-corrected chi connectivity index (χ0v) is 15.5. The van der Waals surface area contributed by atoms with Crippen LogP contribution in [-0.4, -0.2) is 28.5 Å². The van der Waals surface area contributed by atoms with Crippen LogP contribution in [0.4, 0.5) is 0 Å². The van der Waals surface area contributed by atoms with Crippen molar-refractivity contribution in [3.63, 3.8) is 0 Å². The van der Waals surface area contributed by atoms with Gasteiger partial charge in [-0.05, 0) is 29.7 Å². The molecule has 0 bridgehead atoms. The van der Waals surface area contributed by atoms with Crippen LogP contribution in [-0.2, 0) is 17.8 Å². The average Bonchev–Trinajstić information content (AvgIpc) is 3.05. The minimum Gasteiger partial charge on any atom is -0.411 e. The maximum atomic E-state index is 8.99. The van der Waals surface area contributed by atoms with Gasteiger partial charge in [0.05, 0.1) is 30.2 Å². The third-order valence-corrected chi connectivity index (χ3v) is 5.06. The van der Waals surface area contributed by atoms with E-state index in [9.17, 15) is 0 Å². The van der Waals surface area contributed by atoms with Crippen molar-refractivity contribution in [1.29, 1.82) is 0 Å². The molecular formula is C21H18ClN3O2. The fraction of sp³-hybridized carbons (Fsp3) is 0.143. The number of aromatic amines is 1. The van der Waals surface area contributed by atoms with E-state index in [0.29, 0.717) is 18.7 Å². The molecule has 2 aromatic carbocycles. The third-order valence-electron chi connectivity index (χ3n) is 4.69. The molecule has 4 aromatic rings. The molecule has 0 spiro atoms. The fourth-order valence-corrected chi connectivity index (χ4v) is 3.75. The van der Waals surface area contributed by atoms with Gasteiger partial charge >= 0.3 is 0 Å². The predicted molar refractivity (Wildman–Crippen MR) is 108 cm³/mol. The number of pyridine rings is 1. The molecule has 0 aliphatic heterocycles. The highest BCUT2D eigenvalue weighted by Gasteiger charge is 2.16. The van der Waals surface area contributed by atoms with Crippen LogP contribution in [0, 0.1) is 0 Å². The molecule has 2 N–H and O–H groups in total. The van der Waals surface area contributed by atoms with Crippen LogP contribution < -0.4 is 0 Å². The van der Waals surface area contributed by atoms with E-state index in [4.69, 9.17) is 21.5 Å². The Balaban J connectivity index is 2.00. The van der Waals surface area contributed by atoms with Crippen LogP contribution in [0.1, 0.15) is 22.4 Å². The fourth-order valence-electron chi connectivity index (χ4n) is 3.54. The highest BCUT2D eigenvalue weighted by molar-refractivity contribution is 6.31. The van der Waals surface area contributed by atoms with Crippen molar-refractivity contribution in [3.8, 4) is 0 Å². The van der Waals surface area contributed by atoms with Gasteiger partial charge in [-0.3, -0.25) is 4.98 Å². The van der Waals surface area contributed by atoms with Crippen molar-refractivity contribution in [3.05, 3.63) is 76.1 Å². The molecule has 0 atom stereocenters. The summed E-state index contributed by atoms with van der Waals surface area (Å²) in [6, 6.07) is 14.1. The van der Waals surface area contributed by atoms with Crippen molar-refractivity contribution in [2.75, 3.05) is 7.11 Å². The number of H-pyrrole nitrogens is 1. The minimum absolute atomic E-state index is 0.360. The number of nitrogens with one attached hydrogen (secondary N) is 1. The van der Waals surface area contributed by atoms with E-state index in [-0.39, 0.29) is 0 Å². The second-order valence-corrected chi connectivity index (χ2v) is 6.73. The quantitative estimate of drug-likeness (QED) is 0.294. The number of rotatable bonds is 5. The Morgan fingerprint density at radius 1 is 1.11 bits per heavy atom. The summed E-state index contributed by atoms with van der Waals surface area (Å²) in [6.45, 7) is 0.360.